The van der Waals surface area contributed by atoms with Crippen LogP contribution in [0.5, 0.6) is 0 Å². The number of rotatable bonds is 6. The van der Waals surface area contributed by atoms with Gasteiger partial charge in [-0.05, 0) is 65.7 Å². The lowest BCUT2D eigenvalue weighted by molar-refractivity contribution is -0.257. The van der Waals surface area contributed by atoms with Gasteiger partial charge in [-0.1, -0.05) is 0 Å². The van der Waals surface area contributed by atoms with E-state index in [9.17, 15) is 44.3 Å². The fourth-order valence-corrected chi connectivity index (χ4v) is 5.24. The summed E-state index contributed by atoms with van der Waals surface area (Å²) in [6, 6.07) is 0. The number of esters is 2. The van der Waals surface area contributed by atoms with Crippen molar-refractivity contribution in [3.63, 3.8) is 0 Å². The van der Waals surface area contributed by atoms with E-state index in [2.05, 4.69) is 4.74 Å². The highest BCUT2D eigenvalue weighted by molar-refractivity contribution is 7.87. The Balaban J connectivity index is 1.85. The number of carbonyl (C=O) groups excluding carboxylic acids is 2. The molecule has 4 aliphatic rings. The molecule has 0 amide bonds. The molecule has 38 heavy (non-hydrogen) atoms. The lowest BCUT2D eigenvalue weighted by Crippen LogP contribution is -2.57. The molecule has 9 nitrogen and oxygen atoms in total. The van der Waals surface area contributed by atoms with Gasteiger partial charge in [0.15, 0.2) is 0 Å². The largest absolute Gasteiger partial charge is 0.465 e. The molecule has 0 spiro atoms. The molecule has 4 bridgehead atoms. The number of carbonyl (C=O) groups is 2. The van der Waals surface area contributed by atoms with Gasteiger partial charge in [0.25, 0.3) is 0 Å². The maximum absolute atomic E-state index is 14.1. The Morgan fingerprint density at radius 2 is 1.26 bits per heavy atom. The van der Waals surface area contributed by atoms with Gasteiger partial charge in [-0.3, -0.25) is 9.35 Å². The normalized spacial score (nSPS) is 31.8. The summed E-state index contributed by atoms with van der Waals surface area (Å²) in [5.74, 6) is -12.9. The first kappa shape index (κ1) is 30.9. The van der Waals surface area contributed by atoms with Crippen molar-refractivity contribution in [1.29, 1.82) is 0 Å². The van der Waals surface area contributed by atoms with Crippen molar-refractivity contribution in [2.45, 2.75) is 100 Å². The monoisotopic (exact) mass is 584 g/mol. The molecule has 2 aliphatic heterocycles. The van der Waals surface area contributed by atoms with Gasteiger partial charge >= 0.3 is 39.2 Å². The SMILES string of the molecule is CC(C)(OC(=O)C12CC3CC(C1)OCC(F)(F)C(F)(F)COC(C3)C2)C(C)(C)OC(=O)C(F)(F)S(=O)(=O)O. The predicted molar refractivity (Wildman–Crippen MR) is 115 cm³/mol. The number of ether oxygens (including phenoxy) is 4. The molecular weight excluding hydrogens is 554 g/mol. The average molecular weight is 585 g/mol. The van der Waals surface area contributed by atoms with Crippen LogP contribution in [0.3, 0.4) is 0 Å². The molecule has 2 saturated heterocycles. The van der Waals surface area contributed by atoms with Gasteiger partial charge in [-0.25, -0.2) is 4.79 Å². The number of halogens is 6. The maximum atomic E-state index is 14.1. The highest BCUT2D eigenvalue weighted by Crippen LogP contribution is 2.53. The zero-order valence-corrected chi connectivity index (χ0v) is 21.9. The molecule has 2 aliphatic carbocycles. The van der Waals surface area contributed by atoms with Gasteiger partial charge in [0.2, 0.25) is 0 Å². The Labute approximate surface area is 215 Å². The second-order valence-electron chi connectivity index (χ2n) is 11.3. The smallest absolute Gasteiger partial charge is 0.455 e. The van der Waals surface area contributed by atoms with Crippen LogP contribution in [0.2, 0.25) is 0 Å². The van der Waals surface area contributed by atoms with Crippen molar-refractivity contribution < 1.29 is 67.8 Å². The maximum Gasteiger partial charge on any atom is 0.465 e. The van der Waals surface area contributed by atoms with Crippen LogP contribution in [0.15, 0.2) is 0 Å². The highest BCUT2D eigenvalue weighted by atomic mass is 32.2. The fourth-order valence-electron chi connectivity index (χ4n) is 4.99. The number of hydrogen-bond acceptors (Lipinski definition) is 8. The first-order chi connectivity index (χ1) is 16.9. The van der Waals surface area contributed by atoms with Crippen molar-refractivity contribution in [2.75, 3.05) is 13.2 Å². The quantitative estimate of drug-likeness (QED) is 0.282. The standard InChI is InChI=1S/C22H30F6O9S/c1-17(2,18(3,4)37-16(30)22(27,28)38(31,32)33)36-15(29)19-7-12-5-13(8-19)34-10-20(23,24)21(25,26)11-35-14(6-12)9-19/h12-14H,5-11H2,1-4H3,(H,31,32,33). The Hall–Kier alpha value is -1.65. The molecule has 1 N–H and O–H groups in total. The van der Waals surface area contributed by atoms with Crippen LogP contribution in [0, 0.1) is 11.3 Å². The Morgan fingerprint density at radius 3 is 1.68 bits per heavy atom. The highest BCUT2D eigenvalue weighted by Gasteiger charge is 2.61. The molecule has 220 valence electrons. The van der Waals surface area contributed by atoms with E-state index in [-0.39, 0.29) is 38.0 Å². The Bertz CT molecular complexity index is 1030. The van der Waals surface area contributed by atoms with Gasteiger partial charge in [0, 0.05) is 0 Å². The molecule has 2 saturated carbocycles. The molecule has 4 rings (SSSR count). The summed E-state index contributed by atoms with van der Waals surface area (Å²) in [5.41, 5.74) is -5.39. The van der Waals surface area contributed by atoms with Crippen molar-refractivity contribution in [3.05, 3.63) is 0 Å². The van der Waals surface area contributed by atoms with Gasteiger partial charge in [0.05, 0.1) is 17.6 Å². The van der Waals surface area contributed by atoms with Gasteiger partial charge in [-0.2, -0.15) is 34.8 Å². The van der Waals surface area contributed by atoms with E-state index in [0.29, 0.717) is 0 Å². The molecule has 0 aromatic heterocycles. The van der Waals surface area contributed by atoms with E-state index >= 15 is 0 Å². The summed E-state index contributed by atoms with van der Waals surface area (Å²) in [5, 5.41) is -5.30. The van der Waals surface area contributed by atoms with E-state index in [4.69, 9.17) is 18.8 Å². The summed E-state index contributed by atoms with van der Waals surface area (Å²) < 4.78 is 135. The predicted octanol–water partition coefficient (Wildman–Crippen LogP) is 3.75. The van der Waals surface area contributed by atoms with Crippen LogP contribution in [0.25, 0.3) is 0 Å². The summed E-state index contributed by atoms with van der Waals surface area (Å²) in [6.07, 6.45) is -1.67. The fraction of sp³-hybridized carbons (Fsp3) is 0.909. The zero-order chi connectivity index (χ0) is 29.2. The molecule has 2 atom stereocenters. The van der Waals surface area contributed by atoms with E-state index in [0.717, 1.165) is 13.8 Å². The summed E-state index contributed by atoms with van der Waals surface area (Å²) in [7, 11) is -6.16. The second-order valence-corrected chi connectivity index (χ2v) is 12.8. The van der Waals surface area contributed by atoms with E-state index in [1.54, 1.807) is 0 Å². The summed E-state index contributed by atoms with van der Waals surface area (Å²) in [4.78, 5) is 25.4. The Morgan fingerprint density at radius 1 is 0.842 bits per heavy atom. The summed E-state index contributed by atoms with van der Waals surface area (Å²) >= 11 is 0. The molecular formula is C22H30F6O9S. The molecule has 0 aromatic carbocycles. The summed E-state index contributed by atoms with van der Waals surface area (Å²) in [6.45, 7) is 1.33. The first-order valence-corrected chi connectivity index (χ1v) is 13.2. The molecule has 0 radical (unpaired) electrons. The van der Waals surface area contributed by atoms with Crippen LogP contribution < -0.4 is 0 Å². The van der Waals surface area contributed by atoms with Crippen molar-refractivity contribution in [3.8, 4) is 0 Å². The van der Waals surface area contributed by atoms with Crippen LogP contribution in [-0.2, 0) is 38.7 Å². The van der Waals surface area contributed by atoms with Gasteiger partial charge in [-0.15, -0.1) is 0 Å². The van der Waals surface area contributed by atoms with Gasteiger partial charge in [0.1, 0.15) is 24.4 Å². The number of alkyl halides is 6. The van der Waals surface area contributed by atoms with E-state index in [1.807, 2.05) is 0 Å². The minimum Gasteiger partial charge on any atom is -0.455 e. The van der Waals surface area contributed by atoms with Crippen LogP contribution in [-0.4, -0.2) is 78.6 Å². The molecule has 2 heterocycles. The van der Waals surface area contributed by atoms with Crippen molar-refractivity contribution in [1.82, 2.24) is 0 Å². The number of fused-ring (bicyclic) bond motifs is 5. The lowest BCUT2D eigenvalue weighted by atomic mass is 9.60. The van der Waals surface area contributed by atoms with Gasteiger partial charge < -0.3 is 18.9 Å². The minimum atomic E-state index is -6.16. The minimum absolute atomic E-state index is 0.166. The third-order valence-corrected chi connectivity index (χ3v) is 8.60. The Kier molecular flexibility index (Phi) is 7.70. The average Bonchev–Trinajstić information content (AvgIpc) is 2.75. The van der Waals surface area contributed by atoms with Crippen molar-refractivity contribution >= 4 is 22.1 Å². The first-order valence-electron chi connectivity index (χ1n) is 11.8. The van der Waals surface area contributed by atoms with Crippen LogP contribution in [0.4, 0.5) is 26.3 Å². The number of hydrogen-bond donors (Lipinski definition) is 1. The second kappa shape index (κ2) is 9.47. The molecule has 2 unspecified atom stereocenters. The lowest BCUT2D eigenvalue weighted by Gasteiger charge is -2.50. The topological polar surface area (TPSA) is 125 Å². The zero-order valence-electron chi connectivity index (χ0n) is 21.1. The molecule has 0 aromatic rings. The van der Waals surface area contributed by atoms with Crippen molar-refractivity contribution in [2.24, 2.45) is 11.3 Å². The third-order valence-electron chi connectivity index (χ3n) is 7.78. The molecule has 16 heteroatoms. The third kappa shape index (κ3) is 5.63. The van der Waals surface area contributed by atoms with E-state index < -0.39 is 81.2 Å². The van der Waals surface area contributed by atoms with E-state index in [1.165, 1.54) is 13.8 Å². The van der Waals surface area contributed by atoms with Crippen LogP contribution >= 0.6 is 0 Å². The van der Waals surface area contributed by atoms with Crippen LogP contribution in [0.1, 0.15) is 59.8 Å². The molecule has 4 fully saturated rings.